The summed E-state index contributed by atoms with van der Waals surface area (Å²) in [5.74, 6) is 1.33. The fourth-order valence-corrected chi connectivity index (χ4v) is 1.55. The minimum atomic E-state index is 0.233. The topological polar surface area (TPSA) is 38.1 Å². The average Bonchev–Trinajstić information content (AvgIpc) is 2.46. The molecule has 13 heavy (non-hydrogen) atoms. The molecule has 0 aliphatic carbocycles. The Labute approximate surface area is 77.9 Å². The third kappa shape index (κ3) is 1.34. The van der Waals surface area contributed by atoms with Crippen molar-refractivity contribution in [2.45, 2.75) is 26.8 Å². The molecule has 0 fully saturated rings. The van der Waals surface area contributed by atoms with Crippen LogP contribution in [0, 0.1) is 12.8 Å². The standard InChI is InChI=1S/C10H13N3/c1-6(2)9-10-8(5-12-9)4-11-7(3)13-10/h4-6,9H,1-3H3. The van der Waals surface area contributed by atoms with E-state index in [9.17, 15) is 0 Å². The Kier molecular flexibility index (Phi) is 1.87. The molecule has 0 amide bonds. The van der Waals surface area contributed by atoms with Gasteiger partial charge in [0.2, 0.25) is 0 Å². The van der Waals surface area contributed by atoms with E-state index in [-0.39, 0.29) is 6.04 Å². The van der Waals surface area contributed by atoms with Crippen LogP contribution < -0.4 is 0 Å². The van der Waals surface area contributed by atoms with Gasteiger partial charge in [-0.25, -0.2) is 9.97 Å². The summed E-state index contributed by atoms with van der Waals surface area (Å²) < 4.78 is 0. The number of rotatable bonds is 1. The summed E-state index contributed by atoms with van der Waals surface area (Å²) in [7, 11) is 0. The summed E-state index contributed by atoms with van der Waals surface area (Å²) in [6.07, 6.45) is 3.73. The van der Waals surface area contributed by atoms with Gasteiger partial charge in [-0.3, -0.25) is 4.99 Å². The van der Waals surface area contributed by atoms with Crippen molar-refractivity contribution in [1.29, 1.82) is 0 Å². The molecule has 0 radical (unpaired) electrons. The van der Waals surface area contributed by atoms with Gasteiger partial charge in [-0.05, 0) is 12.8 Å². The van der Waals surface area contributed by atoms with Crippen LogP contribution in [0.2, 0.25) is 0 Å². The van der Waals surface area contributed by atoms with Crippen LogP contribution in [-0.4, -0.2) is 16.2 Å². The van der Waals surface area contributed by atoms with Gasteiger partial charge in [0.25, 0.3) is 0 Å². The third-order valence-corrected chi connectivity index (χ3v) is 2.25. The smallest absolute Gasteiger partial charge is 0.125 e. The fourth-order valence-electron chi connectivity index (χ4n) is 1.55. The maximum absolute atomic E-state index is 4.42. The largest absolute Gasteiger partial charge is 0.282 e. The third-order valence-electron chi connectivity index (χ3n) is 2.25. The summed E-state index contributed by atoms with van der Waals surface area (Å²) in [4.78, 5) is 13.0. The maximum atomic E-state index is 4.42. The highest BCUT2D eigenvalue weighted by Gasteiger charge is 2.23. The predicted molar refractivity (Wildman–Crippen MR) is 51.9 cm³/mol. The predicted octanol–water partition coefficient (Wildman–Crippen LogP) is 1.91. The van der Waals surface area contributed by atoms with Crippen molar-refractivity contribution in [2.24, 2.45) is 10.9 Å². The molecule has 68 valence electrons. The van der Waals surface area contributed by atoms with Crippen LogP contribution in [0.15, 0.2) is 11.2 Å². The van der Waals surface area contributed by atoms with Crippen molar-refractivity contribution in [2.75, 3.05) is 0 Å². The summed E-state index contributed by atoms with van der Waals surface area (Å²) in [6.45, 7) is 6.24. The molecule has 0 aromatic carbocycles. The van der Waals surface area contributed by atoms with Gasteiger partial charge in [0.05, 0.1) is 11.7 Å². The molecule has 1 aromatic rings. The Bertz CT molecular complexity index is 355. The second kappa shape index (κ2) is 2.91. The van der Waals surface area contributed by atoms with Gasteiger partial charge < -0.3 is 0 Å². The van der Waals surface area contributed by atoms with Crippen molar-refractivity contribution in [3.8, 4) is 0 Å². The molecule has 1 unspecified atom stereocenters. The van der Waals surface area contributed by atoms with E-state index in [0.717, 1.165) is 17.1 Å². The quantitative estimate of drug-likeness (QED) is 0.654. The second-order valence-corrected chi connectivity index (χ2v) is 3.72. The molecule has 0 bridgehead atoms. The molecule has 0 N–H and O–H groups in total. The summed E-state index contributed by atoms with van der Waals surface area (Å²) in [6, 6.07) is 0.233. The number of hydrogen-bond donors (Lipinski definition) is 0. The molecule has 2 rings (SSSR count). The van der Waals surface area contributed by atoms with Crippen molar-refractivity contribution in [3.05, 3.63) is 23.3 Å². The van der Waals surface area contributed by atoms with Crippen LogP contribution in [0.5, 0.6) is 0 Å². The highest BCUT2D eigenvalue weighted by atomic mass is 14.9. The first-order valence-corrected chi connectivity index (χ1v) is 4.55. The lowest BCUT2D eigenvalue weighted by Crippen LogP contribution is -2.05. The van der Waals surface area contributed by atoms with E-state index in [1.54, 1.807) is 0 Å². The fraction of sp³-hybridized carbons (Fsp3) is 0.500. The summed E-state index contributed by atoms with van der Waals surface area (Å²) in [5, 5.41) is 0. The Morgan fingerprint density at radius 2 is 2.15 bits per heavy atom. The van der Waals surface area contributed by atoms with Gasteiger partial charge >= 0.3 is 0 Å². The second-order valence-electron chi connectivity index (χ2n) is 3.72. The molecule has 3 nitrogen and oxygen atoms in total. The van der Waals surface area contributed by atoms with E-state index in [4.69, 9.17) is 0 Å². The van der Waals surface area contributed by atoms with Crippen molar-refractivity contribution in [1.82, 2.24) is 9.97 Å². The number of aryl methyl sites for hydroxylation is 1. The van der Waals surface area contributed by atoms with Crippen molar-refractivity contribution >= 4 is 6.21 Å². The number of nitrogens with zero attached hydrogens (tertiary/aromatic N) is 3. The highest BCUT2D eigenvalue weighted by molar-refractivity contribution is 5.83. The van der Waals surface area contributed by atoms with Gasteiger partial charge in [-0.1, -0.05) is 13.8 Å². The number of aromatic nitrogens is 2. The normalized spacial score (nSPS) is 19.5. The molecule has 0 saturated carbocycles. The molecule has 1 aliphatic rings. The van der Waals surface area contributed by atoms with Crippen LogP contribution >= 0.6 is 0 Å². The van der Waals surface area contributed by atoms with Crippen molar-refractivity contribution in [3.63, 3.8) is 0 Å². The first-order chi connectivity index (χ1) is 6.18. The zero-order valence-corrected chi connectivity index (χ0v) is 8.15. The van der Waals surface area contributed by atoms with Crippen LogP contribution in [0.3, 0.4) is 0 Å². The Balaban J connectivity index is 2.45. The lowest BCUT2D eigenvalue weighted by Gasteiger charge is -2.12. The molecule has 3 heteroatoms. The zero-order chi connectivity index (χ0) is 9.42. The van der Waals surface area contributed by atoms with Crippen molar-refractivity contribution < 1.29 is 0 Å². The monoisotopic (exact) mass is 175 g/mol. The highest BCUT2D eigenvalue weighted by Crippen LogP contribution is 2.30. The summed E-state index contributed by atoms with van der Waals surface area (Å²) in [5.41, 5.74) is 2.16. The Morgan fingerprint density at radius 3 is 2.85 bits per heavy atom. The Hall–Kier alpha value is -1.25. The number of hydrogen-bond acceptors (Lipinski definition) is 3. The maximum Gasteiger partial charge on any atom is 0.125 e. The molecular weight excluding hydrogens is 162 g/mol. The SMILES string of the molecule is Cc1ncc2c(n1)C(C(C)C)N=C2. The first-order valence-electron chi connectivity index (χ1n) is 4.55. The minimum Gasteiger partial charge on any atom is -0.282 e. The van der Waals surface area contributed by atoms with Crippen LogP contribution in [0.4, 0.5) is 0 Å². The van der Waals surface area contributed by atoms with Crippen LogP contribution in [0.25, 0.3) is 0 Å². The molecule has 1 aliphatic heterocycles. The van der Waals surface area contributed by atoms with Crippen LogP contribution in [-0.2, 0) is 0 Å². The molecule has 2 heterocycles. The first kappa shape index (κ1) is 8.35. The van der Waals surface area contributed by atoms with Gasteiger partial charge in [-0.15, -0.1) is 0 Å². The van der Waals surface area contributed by atoms with Gasteiger partial charge in [-0.2, -0.15) is 0 Å². The van der Waals surface area contributed by atoms with Gasteiger partial charge in [0, 0.05) is 18.0 Å². The van der Waals surface area contributed by atoms with Gasteiger partial charge in [0.15, 0.2) is 0 Å². The zero-order valence-electron chi connectivity index (χ0n) is 8.15. The van der Waals surface area contributed by atoms with E-state index in [2.05, 4.69) is 28.8 Å². The minimum absolute atomic E-state index is 0.233. The van der Waals surface area contributed by atoms with Gasteiger partial charge in [0.1, 0.15) is 5.82 Å². The van der Waals surface area contributed by atoms with E-state index in [1.807, 2.05) is 19.3 Å². The number of fused-ring (bicyclic) bond motifs is 1. The molecule has 0 saturated heterocycles. The molecular formula is C10H13N3. The van der Waals surface area contributed by atoms with E-state index in [0.29, 0.717) is 5.92 Å². The lowest BCUT2D eigenvalue weighted by molar-refractivity contribution is 0.512. The molecule has 1 aromatic heterocycles. The van der Waals surface area contributed by atoms with E-state index < -0.39 is 0 Å². The van der Waals surface area contributed by atoms with E-state index >= 15 is 0 Å². The van der Waals surface area contributed by atoms with Crippen LogP contribution in [0.1, 0.15) is 37.0 Å². The molecule has 1 atom stereocenters. The van der Waals surface area contributed by atoms with E-state index in [1.165, 1.54) is 0 Å². The number of aliphatic imine (C=N–C) groups is 1. The average molecular weight is 175 g/mol. The lowest BCUT2D eigenvalue weighted by atomic mass is 10.0. The molecule has 0 spiro atoms. The summed E-state index contributed by atoms with van der Waals surface area (Å²) >= 11 is 0. The Morgan fingerprint density at radius 1 is 1.38 bits per heavy atom.